The molecule has 4 rings (SSSR count). The van der Waals surface area contributed by atoms with Crippen molar-refractivity contribution < 1.29 is 9.18 Å². The van der Waals surface area contributed by atoms with E-state index in [2.05, 4.69) is 27.2 Å². The van der Waals surface area contributed by atoms with E-state index in [-0.39, 0.29) is 17.8 Å². The monoisotopic (exact) mass is 378 g/mol. The molecule has 0 saturated heterocycles. The highest BCUT2D eigenvalue weighted by Crippen LogP contribution is 2.39. The van der Waals surface area contributed by atoms with Gasteiger partial charge in [-0.3, -0.25) is 14.8 Å². The molecule has 3 aromatic rings. The average molecular weight is 378 g/mol. The Bertz CT molecular complexity index is 971. The summed E-state index contributed by atoms with van der Waals surface area (Å²) in [7, 11) is 0. The molecule has 1 aliphatic carbocycles. The smallest absolute Gasteiger partial charge is 0.271 e. The van der Waals surface area contributed by atoms with Gasteiger partial charge < -0.3 is 5.32 Å². The molecule has 1 aromatic carbocycles. The maximum absolute atomic E-state index is 13.7. The summed E-state index contributed by atoms with van der Waals surface area (Å²) in [5.74, 6) is 0.405. The Balaban J connectivity index is 1.41. The molecule has 0 bridgehead atoms. The van der Waals surface area contributed by atoms with Crippen LogP contribution in [0.15, 0.2) is 49.1 Å². The molecule has 144 valence electrons. The minimum absolute atomic E-state index is 0.0714. The Hall–Kier alpha value is -2.89. The maximum atomic E-state index is 13.7. The van der Waals surface area contributed by atoms with Crippen LogP contribution in [-0.2, 0) is 0 Å². The van der Waals surface area contributed by atoms with Crippen LogP contribution in [0.3, 0.4) is 0 Å². The largest absolute Gasteiger partial charge is 0.348 e. The predicted molar refractivity (Wildman–Crippen MR) is 105 cm³/mol. The van der Waals surface area contributed by atoms with Gasteiger partial charge in [0.15, 0.2) is 0 Å². The van der Waals surface area contributed by atoms with Gasteiger partial charge in [-0.25, -0.2) is 9.37 Å². The molecule has 1 fully saturated rings. The first-order valence-corrected chi connectivity index (χ1v) is 9.73. The van der Waals surface area contributed by atoms with Gasteiger partial charge in [0.05, 0.1) is 11.7 Å². The van der Waals surface area contributed by atoms with Gasteiger partial charge in [0.1, 0.15) is 11.5 Å². The number of halogens is 1. The number of rotatable bonds is 4. The van der Waals surface area contributed by atoms with Crippen molar-refractivity contribution in [2.75, 3.05) is 0 Å². The van der Waals surface area contributed by atoms with E-state index in [0.717, 1.165) is 36.6 Å². The Labute approximate surface area is 163 Å². The lowest BCUT2D eigenvalue weighted by molar-refractivity contribution is 0.0912. The number of benzene rings is 1. The van der Waals surface area contributed by atoms with Crippen molar-refractivity contribution in [1.29, 1.82) is 0 Å². The van der Waals surface area contributed by atoms with Gasteiger partial charge in [-0.15, -0.1) is 0 Å². The zero-order chi connectivity index (χ0) is 19.5. The molecular weight excluding hydrogens is 355 g/mol. The standard InChI is InChI=1S/C22H23FN4O/c1-14(27-22(28)21-13-24-10-11-26-21)15-2-4-16(5-3-15)18-8-9-25-20-7-6-17(23)12-19(18)20/h6-16H,2-5H2,1H3,(H,27,28). The number of nitrogens with zero attached hydrogens (tertiary/aromatic N) is 3. The van der Waals surface area contributed by atoms with Crippen LogP contribution >= 0.6 is 0 Å². The van der Waals surface area contributed by atoms with Crippen molar-refractivity contribution in [1.82, 2.24) is 20.3 Å². The summed E-state index contributed by atoms with van der Waals surface area (Å²) in [6.07, 6.45) is 10.4. The van der Waals surface area contributed by atoms with Gasteiger partial charge in [0.2, 0.25) is 0 Å². The molecule has 1 saturated carbocycles. The van der Waals surface area contributed by atoms with Gasteiger partial charge in [0.25, 0.3) is 5.91 Å². The third kappa shape index (κ3) is 3.86. The first-order valence-electron chi connectivity index (χ1n) is 9.73. The third-order valence-electron chi connectivity index (χ3n) is 5.81. The number of aromatic nitrogens is 3. The van der Waals surface area contributed by atoms with E-state index in [9.17, 15) is 9.18 Å². The zero-order valence-electron chi connectivity index (χ0n) is 15.8. The first-order chi connectivity index (χ1) is 13.6. The van der Waals surface area contributed by atoms with E-state index in [1.807, 2.05) is 12.3 Å². The van der Waals surface area contributed by atoms with Crippen molar-refractivity contribution in [3.05, 3.63) is 66.1 Å². The van der Waals surface area contributed by atoms with E-state index in [1.54, 1.807) is 18.3 Å². The Kier molecular flexibility index (Phi) is 5.28. The third-order valence-corrected chi connectivity index (χ3v) is 5.81. The lowest BCUT2D eigenvalue weighted by atomic mass is 9.75. The van der Waals surface area contributed by atoms with Gasteiger partial charge in [0, 0.05) is 30.0 Å². The summed E-state index contributed by atoms with van der Waals surface area (Å²) >= 11 is 0. The fraction of sp³-hybridized carbons (Fsp3) is 0.364. The number of carbonyl (C=O) groups is 1. The van der Waals surface area contributed by atoms with Crippen LogP contribution in [0.4, 0.5) is 4.39 Å². The number of carbonyl (C=O) groups excluding carboxylic acids is 1. The lowest BCUT2D eigenvalue weighted by Crippen LogP contribution is -2.39. The van der Waals surface area contributed by atoms with Gasteiger partial charge >= 0.3 is 0 Å². The van der Waals surface area contributed by atoms with Crippen molar-refractivity contribution in [2.24, 2.45) is 5.92 Å². The molecule has 0 radical (unpaired) electrons. The van der Waals surface area contributed by atoms with Crippen molar-refractivity contribution in [2.45, 2.75) is 44.6 Å². The van der Waals surface area contributed by atoms with E-state index in [4.69, 9.17) is 0 Å². The number of amides is 1. The van der Waals surface area contributed by atoms with Crippen LogP contribution in [0, 0.1) is 11.7 Å². The van der Waals surface area contributed by atoms with Crippen LogP contribution in [0.2, 0.25) is 0 Å². The molecule has 1 unspecified atom stereocenters. The highest BCUT2D eigenvalue weighted by molar-refractivity contribution is 5.92. The fourth-order valence-corrected chi connectivity index (χ4v) is 4.24. The summed E-state index contributed by atoms with van der Waals surface area (Å²) in [4.78, 5) is 24.7. The minimum atomic E-state index is -0.226. The van der Waals surface area contributed by atoms with E-state index in [1.165, 1.54) is 24.0 Å². The highest BCUT2D eigenvalue weighted by Gasteiger charge is 2.28. The summed E-state index contributed by atoms with van der Waals surface area (Å²) in [5, 5.41) is 3.97. The molecule has 1 atom stereocenters. The molecule has 0 spiro atoms. The molecule has 6 heteroatoms. The molecule has 1 aliphatic rings. The molecule has 5 nitrogen and oxygen atoms in total. The zero-order valence-corrected chi connectivity index (χ0v) is 15.8. The van der Waals surface area contributed by atoms with Gasteiger partial charge in [-0.2, -0.15) is 0 Å². The Morgan fingerprint density at radius 2 is 1.93 bits per heavy atom. The van der Waals surface area contributed by atoms with Crippen LogP contribution in [0.5, 0.6) is 0 Å². The second-order valence-electron chi connectivity index (χ2n) is 7.53. The van der Waals surface area contributed by atoms with Gasteiger partial charge in [-0.1, -0.05) is 0 Å². The molecule has 0 aliphatic heterocycles. The summed E-state index contributed by atoms with van der Waals surface area (Å²) in [5.41, 5.74) is 2.36. The van der Waals surface area contributed by atoms with Crippen LogP contribution in [0.1, 0.15) is 54.6 Å². The maximum Gasteiger partial charge on any atom is 0.271 e. The normalized spacial score (nSPS) is 20.6. The van der Waals surface area contributed by atoms with Crippen LogP contribution in [-0.4, -0.2) is 26.9 Å². The number of pyridine rings is 1. The lowest BCUT2D eigenvalue weighted by Gasteiger charge is -2.33. The van der Waals surface area contributed by atoms with Gasteiger partial charge in [-0.05, 0) is 74.3 Å². The fourth-order valence-electron chi connectivity index (χ4n) is 4.24. The highest BCUT2D eigenvalue weighted by atomic mass is 19.1. The number of nitrogens with one attached hydrogen (secondary N) is 1. The molecule has 2 heterocycles. The van der Waals surface area contributed by atoms with Crippen molar-refractivity contribution in [3.63, 3.8) is 0 Å². The second-order valence-corrected chi connectivity index (χ2v) is 7.53. The average Bonchev–Trinajstić information content (AvgIpc) is 2.74. The van der Waals surface area contributed by atoms with E-state index in [0.29, 0.717) is 17.5 Å². The number of hydrogen-bond acceptors (Lipinski definition) is 4. The first kappa shape index (κ1) is 18.5. The van der Waals surface area contributed by atoms with Crippen molar-refractivity contribution in [3.8, 4) is 0 Å². The number of hydrogen-bond donors (Lipinski definition) is 1. The van der Waals surface area contributed by atoms with E-state index >= 15 is 0 Å². The van der Waals surface area contributed by atoms with Crippen LogP contribution in [0.25, 0.3) is 10.9 Å². The molecular formula is C22H23FN4O. The summed E-state index contributed by atoms with van der Waals surface area (Å²) in [6, 6.07) is 6.88. The van der Waals surface area contributed by atoms with Crippen LogP contribution < -0.4 is 5.32 Å². The SMILES string of the molecule is CC(NC(=O)c1cnccn1)C1CCC(c2ccnc3ccc(F)cc23)CC1. The Morgan fingerprint density at radius 1 is 1.11 bits per heavy atom. The summed E-state index contributed by atoms with van der Waals surface area (Å²) in [6.45, 7) is 2.05. The molecule has 2 aromatic heterocycles. The summed E-state index contributed by atoms with van der Waals surface area (Å²) < 4.78 is 13.7. The van der Waals surface area contributed by atoms with E-state index < -0.39 is 0 Å². The molecule has 1 N–H and O–H groups in total. The van der Waals surface area contributed by atoms with Crippen molar-refractivity contribution >= 4 is 16.8 Å². The quantitative estimate of drug-likeness (QED) is 0.737. The number of fused-ring (bicyclic) bond motifs is 1. The predicted octanol–water partition coefficient (Wildman–Crippen LogP) is 4.26. The minimum Gasteiger partial charge on any atom is -0.348 e. The Morgan fingerprint density at radius 3 is 2.68 bits per heavy atom. The topological polar surface area (TPSA) is 67.8 Å². The second kappa shape index (κ2) is 8.00. The molecule has 28 heavy (non-hydrogen) atoms. The molecule has 1 amide bonds.